The molecule has 0 aromatic heterocycles. The Bertz CT molecular complexity index is 58.9. The molecule has 0 aliphatic carbocycles. The van der Waals surface area contributed by atoms with Crippen LogP contribution in [0.2, 0.25) is 0 Å². The molecule has 0 amide bonds. The SMILES string of the molecule is CSCC[C@@H](CO)NS. The van der Waals surface area contributed by atoms with Gasteiger partial charge < -0.3 is 5.11 Å². The van der Waals surface area contributed by atoms with Crippen molar-refractivity contribution >= 4 is 24.6 Å². The smallest absolute Gasteiger partial charge is 0.0593 e. The highest BCUT2D eigenvalue weighted by Crippen LogP contribution is 1.99. The van der Waals surface area contributed by atoms with Gasteiger partial charge in [0.25, 0.3) is 0 Å². The molecule has 1 atom stereocenters. The largest absolute Gasteiger partial charge is 0.395 e. The van der Waals surface area contributed by atoms with E-state index in [2.05, 4.69) is 17.5 Å². The molecule has 0 radical (unpaired) electrons. The minimum Gasteiger partial charge on any atom is -0.395 e. The maximum absolute atomic E-state index is 8.63. The summed E-state index contributed by atoms with van der Waals surface area (Å²) in [6, 6.07) is 0.154. The van der Waals surface area contributed by atoms with Crippen molar-refractivity contribution in [3.63, 3.8) is 0 Å². The van der Waals surface area contributed by atoms with E-state index in [4.69, 9.17) is 5.11 Å². The fraction of sp³-hybridized carbons (Fsp3) is 1.00. The van der Waals surface area contributed by atoms with Gasteiger partial charge in [0.1, 0.15) is 0 Å². The van der Waals surface area contributed by atoms with Crippen LogP contribution in [0.15, 0.2) is 0 Å². The number of hydrogen-bond acceptors (Lipinski definition) is 4. The first-order chi connectivity index (χ1) is 4.35. The van der Waals surface area contributed by atoms with E-state index in [1.165, 1.54) is 0 Å². The van der Waals surface area contributed by atoms with Crippen molar-refractivity contribution in [2.24, 2.45) is 0 Å². The molecule has 0 rings (SSSR count). The number of rotatable bonds is 5. The molecule has 0 fully saturated rings. The average molecular weight is 167 g/mol. The number of nitrogens with one attached hydrogen (secondary N) is 1. The average Bonchev–Trinajstić information content (AvgIpc) is 1.91. The third-order valence-electron chi connectivity index (χ3n) is 1.07. The van der Waals surface area contributed by atoms with E-state index in [-0.39, 0.29) is 12.6 Å². The molecule has 4 heteroatoms. The van der Waals surface area contributed by atoms with Crippen LogP contribution in [0.4, 0.5) is 0 Å². The van der Waals surface area contributed by atoms with E-state index in [1.807, 2.05) is 6.26 Å². The van der Waals surface area contributed by atoms with Crippen molar-refractivity contribution in [2.75, 3.05) is 18.6 Å². The van der Waals surface area contributed by atoms with Crippen LogP contribution in [-0.4, -0.2) is 29.8 Å². The molecule has 0 bridgehead atoms. The van der Waals surface area contributed by atoms with Crippen LogP contribution in [0.5, 0.6) is 0 Å². The van der Waals surface area contributed by atoms with Crippen molar-refractivity contribution in [1.82, 2.24) is 4.72 Å². The zero-order valence-electron chi connectivity index (χ0n) is 5.50. The van der Waals surface area contributed by atoms with Gasteiger partial charge in [-0.25, -0.2) is 0 Å². The quantitative estimate of drug-likeness (QED) is 0.522. The third-order valence-corrected chi connectivity index (χ3v) is 2.08. The second-order valence-corrected chi connectivity index (χ2v) is 3.03. The van der Waals surface area contributed by atoms with Gasteiger partial charge in [-0.2, -0.15) is 11.8 Å². The molecule has 2 N–H and O–H groups in total. The third kappa shape index (κ3) is 5.08. The molecule has 9 heavy (non-hydrogen) atoms. The molecule has 0 heterocycles. The van der Waals surface area contributed by atoms with Gasteiger partial charge >= 0.3 is 0 Å². The van der Waals surface area contributed by atoms with E-state index in [9.17, 15) is 0 Å². The zero-order chi connectivity index (χ0) is 7.11. The Morgan fingerprint density at radius 1 is 1.78 bits per heavy atom. The molecule has 2 nitrogen and oxygen atoms in total. The van der Waals surface area contributed by atoms with E-state index in [0.717, 1.165) is 12.2 Å². The van der Waals surface area contributed by atoms with E-state index in [1.54, 1.807) is 11.8 Å². The van der Waals surface area contributed by atoms with Crippen molar-refractivity contribution in [2.45, 2.75) is 12.5 Å². The molecule has 56 valence electrons. The Morgan fingerprint density at radius 2 is 2.44 bits per heavy atom. The van der Waals surface area contributed by atoms with Crippen LogP contribution in [0, 0.1) is 0 Å². The first kappa shape index (κ1) is 9.62. The summed E-state index contributed by atoms with van der Waals surface area (Å²) in [6.45, 7) is 0.171. The minimum atomic E-state index is 0.154. The lowest BCUT2D eigenvalue weighted by Gasteiger charge is -2.09. The van der Waals surface area contributed by atoms with Crippen LogP contribution < -0.4 is 4.72 Å². The minimum absolute atomic E-state index is 0.154. The molecule has 0 aromatic carbocycles. The van der Waals surface area contributed by atoms with Crippen molar-refractivity contribution in [1.29, 1.82) is 0 Å². The Kier molecular flexibility index (Phi) is 7.20. The number of hydrogen-bond donors (Lipinski definition) is 3. The molecule has 0 aliphatic rings. The second-order valence-electron chi connectivity index (χ2n) is 1.79. The predicted molar refractivity (Wildman–Crippen MR) is 46.0 cm³/mol. The summed E-state index contributed by atoms with van der Waals surface area (Å²) in [5, 5.41) is 8.63. The second kappa shape index (κ2) is 6.74. The lowest BCUT2D eigenvalue weighted by Crippen LogP contribution is -2.25. The topological polar surface area (TPSA) is 32.3 Å². The van der Waals surface area contributed by atoms with Gasteiger partial charge in [0, 0.05) is 6.04 Å². The molecular formula is C5H13NOS2. The molecule has 0 aliphatic heterocycles. The van der Waals surface area contributed by atoms with Crippen LogP contribution in [-0.2, 0) is 0 Å². The summed E-state index contributed by atoms with van der Waals surface area (Å²) in [4.78, 5) is 0. The Morgan fingerprint density at radius 3 is 2.78 bits per heavy atom. The number of thioether (sulfide) groups is 1. The van der Waals surface area contributed by atoms with Crippen molar-refractivity contribution in [3.8, 4) is 0 Å². The fourth-order valence-corrected chi connectivity index (χ4v) is 1.19. The number of thiol groups is 1. The number of aliphatic hydroxyl groups excluding tert-OH is 1. The first-order valence-electron chi connectivity index (χ1n) is 2.84. The highest BCUT2D eigenvalue weighted by molar-refractivity contribution is 7.98. The van der Waals surface area contributed by atoms with Gasteiger partial charge in [0.05, 0.1) is 6.61 Å². The van der Waals surface area contributed by atoms with Crippen molar-refractivity contribution in [3.05, 3.63) is 0 Å². The molecule has 0 aromatic rings. The molecule has 0 spiro atoms. The Balaban J connectivity index is 3.09. The summed E-state index contributed by atoms with van der Waals surface area (Å²) in [5.74, 6) is 1.07. The van der Waals surface area contributed by atoms with E-state index < -0.39 is 0 Å². The highest BCUT2D eigenvalue weighted by atomic mass is 32.2. The first-order valence-corrected chi connectivity index (χ1v) is 4.68. The van der Waals surface area contributed by atoms with Gasteiger partial charge in [-0.1, -0.05) is 12.8 Å². The lowest BCUT2D eigenvalue weighted by molar-refractivity contribution is 0.257. The molecular weight excluding hydrogens is 154 g/mol. The monoisotopic (exact) mass is 167 g/mol. The van der Waals surface area contributed by atoms with Crippen LogP contribution in [0.25, 0.3) is 0 Å². The molecule has 0 unspecified atom stereocenters. The summed E-state index contributed by atoms with van der Waals surface area (Å²) in [5.41, 5.74) is 0. The van der Waals surface area contributed by atoms with E-state index >= 15 is 0 Å². The number of aliphatic hydroxyl groups is 1. The fourth-order valence-electron chi connectivity index (χ4n) is 0.457. The van der Waals surface area contributed by atoms with Gasteiger partial charge in [0.2, 0.25) is 0 Å². The zero-order valence-corrected chi connectivity index (χ0v) is 7.21. The van der Waals surface area contributed by atoms with Crippen LogP contribution in [0.1, 0.15) is 6.42 Å². The molecule has 0 saturated carbocycles. The van der Waals surface area contributed by atoms with Gasteiger partial charge in [0.15, 0.2) is 0 Å². The van der Waals surface area contributed by atoms with Gasteiger partial charge in [-0.15, -0.1) is 0 Å². The molecule has 0 saturated heterocycles. The van der Waals surface area contributed by atoms with E-state index in [0.29, 0.717) is 0 Å². The summed E-state index contributed by atoms with van der Waals surface area (Å²) in [6.07, 6.45) is 3.02. The standard InChI is InChI=1S/C5H13NOS2/c1-9-3-2-5(4-7)6-8/h5-8H,2-4H2,1H3/t5-/m0/s1. The van der Waals surface area contributed by atoms with Gasteiger partial charge in [-0.05, 0) is 18.4 Å². The normalized spacial score (nSPS) is 13.7. The summed E-state index contributed by atoms with van der Waals surface area (Å²) in [7, 11) is 0. The lowest BCUT2D eigenvalue weighted by atomic mass is 10.3. The maximum Gasteiger partial charge on any atom is 0.0593 e. The van der Waals surface area contributed by atoms with Gasteiger partial charge in [-0.3, -0.25) is 4.72 Å². The summed E-state index contributed by atoms with van der Waals surface area (Å²) >= 11 is 5.62. The van der Waals surface area contributed by atoms with Crippen LogP contribution in [0.3, 0.4) is 0 Å². The summed E-state index contributed by atoms with van der Waals surface area (Å²) < 4.78 is 2.72. The van der Waals surface area contributed by atoms with Crippen LogP contribution >= 0.6 is 24.6 Å². The maximum atomic E-state index is 8.63. The Hall–Kier alpha value is 0.620. The predicted octanol–water partition coefficient (Wildman–Crippen LogP) is 0.535. The Labute approximate surface area is 66.0 Å². The highest BCUT2D eigenvalue weighted by Gasteiger charge is 2.01. The van der Waals surface area contributed by atoms with Crippen molar-refractivity contribution < 1.29 is 5.11 Å².